The summed E-state index contributed by atoms with van der Waals surface area (Å²) in [7, 11) is 0. The molecule has 0 fully saturated rings. The van der Waals surface area contributed by atoms with Crippen LogP contribution in [-0.2, 0) is 0 Å². The third-order valence-corrected chi connectivity index (χ3v) is 5.17. The minimum Gasteiger partial charge on any atom is -0.399 e. The normalized spacial score (nSPS) is 20.9. The van der Waals surface area contributed by atoms with E-state index in [0.29, 0.717) is 5.57 Å². The van der Waals surface area contributed by atoms with E-state index in [9.17, 15) is 15.8 Å². The summed E-state index contributed by atoms with van der Waals surface area (Å²) in [5.74, 6) is -0.960. The molecule has 2 aromatic carbocycles. The van der Waals surface area contributed by atoms with Gasteiger partial charge < -0.3 is 5.73 Å². The Hall–Kier alpha value is -3.55. The monoisotopic (exact) mass is 338 g/mol. The van der Waals surface area contributed by atoms with Crippen LogP contribution in [0.25, 0.3) is 0 Å². The van der Waals surface area contributed by atoms with Crippen LogP contribution in [0.15, 0.2) is 59.8 Å². The molecule has 1 aliphatic rings. The molecule has 4 nitrogen and oxygen atoms in total. The van der Waals surface area contributed by atoms with E-state index in [1.165, 1.54) is 0 Å². The molecule has 0 bridgehead atoms. The van der Waals surface area contributed by atoms with Gasteiger partial charge in [0, 0.05) is 11.8 Å². The van der Waals surface area contributed by atoms with Crippen molar-refractivity contribution in [3.63, 3.8) is 0 Å². The summed E-state index contributed by atoms with van der Waals surface area (Å²) in [4.78, 5) is 0. The van der Waals surface area contributed by atoms with Crippen molar-refractivity contribution in [2.24, 2.45) is 11.1 Å². The van der Waals surface area contributed by atoms with Gasteiger partial charge in [0.1, 0.15) is 0 Å². The molecule has 0 aromatic heterocycles. The Balaban J connectivity index is 2.29. The zero-order valence-electron chi connectivity index (χ0n) is 14.7. The highest BCUT2D eigenvalue weighted by Crippen LogP contribution is 2.57. The molecule has 2 atom stereocenters. The quantitative estimate of drug-likeness (QED) is 0.896. The number of nitriles is 3. The van der Waals surface area contributed by atoms with E-state index in [-0.39, 0.29) is 5.70 Å². The lowest BCUT2D eigenvalue weighted by atomic mass is 9.69. The highest BCUT2D eigenvalue weighted by Gasteiger charge is 2.55. The topological polar surface area (TPSA) is 97.4 Å². The lowest BCUT2D eigenvalue weighted by Gasteiger charge is -2.28. The number of aryl methyl sites for hydroxylation is 2. The number of nitrogens with zero attached hydrogens (tertiary/aromatic N) is 3. The molecule has 1 aliphatic carbocycles. The van der Waals surface area contributed by atoms with Gasteiger partial charge in [-0.05, 0) is 25.0 Å². The maximum absolute atomic E-state index is 9.90. The molecule has 2 N–H and O–H groups in total. The molecular weight excluding hydrogens is 320 g/mol. The first-order chi connectivity index (χ1) is 12.5. The zero-order valence-corrected chi connectivity index (χ0v) is 14.7. The average molecular weight is 338 g/mol. The second-order valence-electron chi connectivity index (χ2n) is 6.75. The molecule has 0 heterocycles. The predicted octanol–water partition coefficient (Wildman–Crippen LogP) is 3.95. The summed E-state index contributed by atoms with van der Waals surface area (Å²) in [6, 6.07) is 21.9. The first kappa shape index (κ1) is 17.3. The molecule has 0 saturated carbocycles. The minimum absolute atomic E-state index is 0.0705. The van der Waals surface area contributed by atoms with Crippen molar-refractivity contribution >= 4 is 0 Å². The molecule has 3 rings (SSSR count). The van der Waals surface area contributed by atoms with Gasteiger partial charge in [0.2, 0.25) is 0 Å². The van der Waals surface area contributed by atoms with E-state index in [1.54, 1.807) is 0 Å². The minimum atomic E-state index is -1.56. The number of benzene rings is 2. The van der Waals surface area contributed by atoms with E-state index in [4.69, 9.17) is 5.73 Å². The van der Waals surface area contributed by atoms with Crippen LogP contribution >= 0.6 is 0 Å². The maximum atomic E-state index is 9.90. The van der Waals surface area contributed by atoms with Gasteiger partial charge in [-0.2, -0.15) is 15.8 Å². The molecule has 4 heteroatoms. The molecule has 0 amide bonds. The Kier molecular flexibility index (Phi) is 4.25. The summed E-state index contributed by atoms with van der Waals surface area (Å²) >= 11 is 0. The van der Waals surface area contributed by atoms with Crippen LogP contribution in [-0.4, -0.2) is 0 Å². The summed E-state index contributed by atoms with van der Waals surface area (Å²) in [6.07, 6.45) is 0. The number of hydrogen-bond donors (Lipinski definition) is 1. The summed E-state index contributed by atoms with van der Waals surface area (Å²) in [5, 5.41) is 29.5. The number of allylic oxidation sites excluding steroid dienone is 2. The van der Waals surface area contributed by atoms with Crippen molar-refractivity contribution < 1.29 is 0 Å². The van der Waals surface area contributed by atoms with E-state index in [0.717, 1.165) is 22.3 Å². The molecule has 126 valence electrons. The largest absolute Gasteiger partial charge is 0.399 e. The van der Waals surface area contributed by atoms with Gasteiger partial charge >= 0.3 is 0 Å². The molecule has 0 aliphatic heterocycles. The van der Waals surface area contributed by atoms with Gasteiger partial charge in [-0.1, -0.05) is 59.7 Å². The smallest absolute Gasteiger partial charge is 0.191 e. The fourth-order valence-electron chi connectivity index (χ4n) is 3.73. The summed E-state index contributed by atoms with van der Waals surface area (Å²) < 4.78 is 0. The first-order valence-corrected chi connectivity index (χ1v) is 8.34. The molecule has 0 spiro atoms. The highest BCUT2D eigenvalue weighted by molar-refractivity contribution is 5.58. The van der Waals surface area contributed by atoms with Crippen molar-refractivity contribution in [1.29, 1.82) is 15.8 Å². The predicted molar refractivity (Wildman–Crippen MR) is 98.3 cm³/mol. The van der Waals surface area contributed by atoms with E-state index < -0.39 is 17.3 Å². The molecule has 26 heavy (non-hydrogen) atoms. The standard InChI is InChI=1S/C22H18N4/c1-14-3-7-16(8-4-14)19-18(11-23)21(26)22(12-24,13-25)20(19)17-9-5-15(2)6-10-17/h3-10,19-20H,26H2,1-2H3/t19-,20+/m1/s1. The van der Waals surface area contributed by atoms with Gasteiger partial charge in [0.05, 0.1) is 29.5 Å². The van der Waals surface area contributed by atoms with Gasteiger partial charge in [0.25, 0.3) is 0 Å². The fraction of sp³-hybridized carbons (Fsp3) is 0.227. The molecule has 0 radical (unpaired) electrons. The second-order valence-corrected chi connectivity index (χ2v) is 6.75. The fourth-order valence-corrected chi connectivity index (χ4v) is 3.73. The lowest BCUT2D eigenvalue weighted by Crippen LogP contribution is -2.29. The van der Waals surface area contributed by atoms with Crippen LogP contribution in [0, 0.1) is 53.3 Å². The molecule has 0 saturated heterocycles. The number of nitrogens with two attached hydrogens (primary N) is 1. The number of hydrogen-bond acceptors (Lipinski definition) is 4. The third kappa shape index (κ3) is 2.43. The SMILES string of the molecule is Cc1ccc([C@@H]2C(C#N)=C(N)C(C#N)(C#N)[C@H]2c2ccc(C)cc2)cc1. The highest BCUT2D eigenvalue weighted by atomic mass is 14.7. The first-order valence-electron chi connectivity index (χ1n) is 8.34. The Bertz CT molecular complexity index is 979. The van der Waals surface area contributed by atoms with E-state index in [1.807, 2.05) is 62.4 Å². The molecular formula is C22H18N4. The van der Waals surface area contributed by atoms with Crippen molar-refractivity contribution in [3.05, 3.63) is 82.1 Å². The average Bonchev–Trinajstić information content (AvgIpc) is 2.91. The summed E-state index contributed by atoms with van der Waals surface area (Å²) in [6.45, 7) is 3.96. The van der Waals surface area contributed by atoms with Gasteiger partial charge in [-0.25, -0.2) is 0 Å². The second kappa shape index (κ2) is 6.40. The maximum Gasteiger partial charge on any atom is 0.191 e. The van der Waals surface area contributed by atoms with Crippen LogP contribution in [0.4, 0.5) is 0 Å². The van der Waals surface area contributed by atoms with Crippen molar-refractivity contribution in [3.8, 4) is 18.2 Å². The van der Waals surface area contributed by atoms with Crippen molar-refractivity contribution in [1.82, 2.24) is 0 Å². The molecule has 2 aromatic rings. The van der Waals surface area contributed by atoms with E-state index in [2.05, 4.69) is 18.2 Å². The van der Waals surface area contributed by atoms with Gasteiger partial charge in [0.15, 0.2) is 5.41 Å². The van der Waals surface area contributed by atoms with Gasteiger partial charge in [-0.3, -0.25) is 0 Å². The van der Waals surface area contributed by atoms with Crippen molar-refractivity contribution in [2.75, 3.05) is 0 Å². The summed E-state index contributed by atoms with van der Waals surface area (Å²) in [5.41, 5.74) is 8.93. The third-order valence-electron chi connectivity index (χ3n) is 5.17. The van der Waals surface area contributed by atoms with Gasteiger partial charge in [-0.15, -0.1) is 0 Å². The Morgan fingerprint density at radius 1 is 0.808 bits per heavy atom. The van der Waals surface area contributed by atoms with Crippen LogP contribution in [0.2, 0.25) is 0 Å². The van der Waals surface area contributed by atoms with Crippen LogP contribution in [0.5, 0.6) is 0 Å². The number of rotatable bonds is 2. The van der Waals surface area contributed by atoms with E-state index >= 15 is 0 Å². The van der Waals surface area contributed by atoms with Crippen molar-refractivity contribution in [2.45, 2.75) is 25.7 Å². The van der Waals surface area contributed by atoms with Crippen LogP contribution in [0.3, 0.4) is 0 Å². The van der Waals surface area contributed by atoms with Crippen LogP contribution in [0.1, 0.15) is 34.1 Å². The zero-order chi connectivity index (χ0) is 18.9. The lowest BCUT2D eigenvalue weighted by molar-refractivity contribution is 0.475. The Morgan fingerprint density at radius 3 is 1.69 bits per heavy atom. The molecule has 0 unspecified atom stereocenters. The van der Waals surface area contributed by atoms with Crippen LogP contribution < -0.4 is 5.73 Å². The Morgan fingerprint density at radius 2 is 1.27 bits per heavy atom. The Labute approximate surface area is 153 Å².